The van der Waals surface area contributed by atoms with Crippen molar-refractivity contribution in [3.05, 3.63) is 77.4 Å². The van der Waals surface area contributed by atoms with Gasteiger partial charge < -0.3 is 5.32 Å². The van der Waals surface area contributed by atoms with Crippen molar-refractivity contribution >= 4 is 27.5 Å². The summed E-state index contributed by atoms with van der Waals surface area (Å²) in [6, 6.07) is 12.4. The van der Waals surface area contributed by atoms with Gasteiger partial charge >= 0.3 is 0 Å². The molecule has 1 aliphatic carbocycles. The Morgan fingerprint density at radius 2 is 1.70 bits per heavy atom. The molecule has 0 radical (unpaired) electrons. The van der Waals surface area contributed by atoms with E-state index in [2.05, 4.69) is 10.4 Å². The standard InChI is InChI=1S/C25H26FN3O3S/c1-17-24(18(2)29(28-17)21-11-7-19(26)8-12-21)15-16-25(30)27-20-9-13-23(14-10-20)33(31,32)22-5-3-4-6-22/h7-16,22H,3-6H2,1-2H3,(H,27,30). The fraction of sp³-hybridized carbons (Fsp3) is 0.280. The maximum absolute atomic E-state index is 13.2. The Kier molecular flexibility index (Phi) is 6.47. The first-order chi connectivity index (χ1) is 15.8. The molecule has 4 rings (SSSR count). The average Bonchev–Trinajstić information content (AvgIpc) is 3.43. The summed E-state index contributed by atoms with van der Waals surface area (Å²) in [5, 5.41) is 6.94. The SMILES string of the molecule is Cc1nn(-c2ccc(F)cc2)c(C)c1C=CC(=O)Nc1ccc(S(=O)(=O)C2CCCC2)cc1. The summed E-state index contributed by atoms with van der Waals surface area (Å²) >= 11 is 0. The molecule has 2 aromatic carbocycles. The van der Waals surface area contributed by atoms with E-state index in [1.165, 1.54) is 18.2 Å². The van der Waals surface area contributed by atoms with Crippen LogP contribution in [0.3, 0.4) is 0 Å². The summed E-state index contributed by atoms with van der Waals surface area (Å²) in [4.78, 5) is 12.7. The number of aromatic nitrogens is 2. The first-order valence-corrected chi connectivity index (χ1v) is 12.5. The molecule has 1 aliphatic rings. The summed E-state index contributed by atoms with van der Waals surface area (Å²) in [6.45, 7) is 3.72. The normalized spacial score (nSPS) is 14.8. The molecule has 1 aromatic heterocycles. The minimum Gasteiger partial charge on any atom is -0.323 e. The van der Waals surface area contributed by atoms with Gasteiger partial charge in [-0.15, -0.1) is 0 Å². The van der Waals surface area contributed by atoms with Gasteiger partial charge in [-0.05, 0) is 81.3 Å². The summed E-state index contributed by atoms with van der Waals surface area (Å²) in [7, 11) is -3.32. The van der Waals surface area contributed by atoms with Gasteiger partial charge in [0.05, 0.1) is 21.5 Å². The van der Waals surface area contributed by atoms with Gasteiger partial charge in [-0.2, -0.15) is 5.10 Å². The first kappa shape index (κ1) is 22.9. The summed E-state index contributed by atoms with van der Waals surface area (Å²) in [5.74, 6) is -0.657. The lowest BCUT2D eigenvalue weighted by Gasteiger charge is -2.11. The Hall–Kier alpha value is -3.26. The van der Waals surface area contributed by atoms with Gasteiger partial charge in [-0.3, -0.25) is 4.79 Å². The molecule has 1 N–H and O–H groups in total. The van der Waals surface area contributed by atoms with E-state index in [9.17, 15) is 17.6 Å². The zero-order valence-corrected chi connectivity index (χ0v) is 19.4. The van der Waals surface area contributed by atoms with Crippen molar-refractivity contribution in [3.8, 4) is 5.69 Å². The van der Waals surface area contributed by atoms with Crippen molar-refractivity contribution in [1.82, 2.24) is 9.78 Å². The van der Waals surface area contributed by atoms with Crippen molar-refractivity contribution in [2.75, 3.05) is 5.32 Å². The van der Waals surface area contributed by atoms with Gasteiger partial charge in [0.1, 0.15) is 5.82 Å². The van der Waals surface area contributed by atoms with Crippen molar-refractivity contribution in [1.29, 1.82) is 0 Å². The van der Waals surface area contributed by atoms with Crippen LogP contribution in [0.2, 0.25) is 0 Å². The molecule has 1 fully saturated rings. The Labute approximate surface area is 193 Å². The third-order valence-corrected chi connectivity index (χ3v) is 8.29. The van der Waals surface area contributed by atoms with Crippen LogP contribution in [0.4, 0.5) is 10.1 Å². The highest BCUT2D eigenvalue weighted by atomic mass is 32.2. The molecule has 0 aliphatic heterocycles. The predicted octanol–water partition coefficient (Wildman–Crippen LogP) is 5.00. The molecule has 0 atom stereocenters. The number of amides is 1. The van der Waals surface area contributed by atoms with Crippen LogP contribution in [-0.2, 0) is 14.6 Å². The van der Waals surface area contributed by atoms with Gasteiger partial charge in [0.25, 0.3) is 0 Å². The molecule has 0 spiro atoms. The van der Waals surface area contributed by atoms with Gasteiger partial charge in [0.2, 0.25) is 5.91 Å². The lowest BCUT2D eigenvalue weighted by atomic mass is 10.2. The highest BCUT2D eigenvalue weighted by molar-refractivity contribution is 7.92. The van der Waals surface area contributed by atoms with Crippen LogP contribution in [0.5, 0.6) is 0 Å². The van der Waals surface area contributed by atoms with Crippen LogP contribution in [0.15, 0.2) is 59.5 Å². The lowest BCUT2D eigenvalue weighted by Crippen LogP contribution is -2.17. The molecule has 3 aromatic rings. The second-order valence-corrected chi connectivity index (χ2v) is 10.5. The summed E-state index contributed by atoms with van der Waals surface area (Å²) in [5.41, 5.74) is 3.61. The molecule has 1 saturated carbocycles. The zero-order valence-electron chi connectivity index (χ0n) is 18.6. The Bertz CT molecular complexity index is 1290. The molecule has 0 saturated heterocycles. The molecule has 8 heteroatoms. The van der Waals surface area contributed by atoms with E-state index in [1.807, 2.05) is 13.8 Å². The second-order valence-electron chi connectivity index (χ2n) is 8.27. The van der Waals surface area contributed by atoms with Crippen LogP contribution in [0.25, 0.3) is 11.8 Å². The average molecular weight is 468 g/mol. The topological polar surface area (TPSA) is 81.1 Å². The molecule has 0 bridgehead atoms. The fourth-order valence-corrected chi connectivity index (χ4v) is 6.05. The smallest absolute Gasteiger partial charge is 0.248 e. The number of nitrogens with zero attached hydrogens (tertiary/aromatic N) is 2. The van der Waals surface area contributed by atoms with E-state index >= 15 is 0 Å². The number of carbonyl (C=O) groups is 1. The number of sulfone groups is 1. The van der Waals surface area contributed by atoms with Crippen LogP contribution in [0.1, 0.15) is 42.6 Å². The van der Waals surface area contributed by atoms with E-state index in [-0.39, 0.29) is 17.0 Å². The molecule has 6 nitrogen and oxygen atoms in total. The van der Waals surface area contributed by atoms with Crippen LogP contribution in [0, 0.1) is 19.7 Å². The summed E-state index contributed by atoms with van der Waals surface area (Å²) < 4.78 is 40.3. The van der Waals surface area contributed by atoms with Crippen LogP contribution < -0.4 is 5.32 Å². The minimum atomic E-state index is -3.32. The van der Waals surface area contributed by atoms with E-state index in [0.717, 1.165) is 35.5 Å². The van der Waals surface area contributed by atoms with Crippen molar-refractivity contribution in [2.24, 2.45) is 0 Å². The van der Waals surface area contributed by atoms with Gasteiger partial charge in [-0.25, -0.2) is 17.5 Å². The van der Waals surface area contributed by atoms with Crippen LogP contribution in [-0.4, -0.2) is 29.4 Å². The highest BCUT2D eigenvalue weighted by Gasteiger charge is 2.30. The maximum Gasteiger partial charge on any atom is 0.248 e. The lowest BCUT2D eigenvalue weighted by molar-refractivity contribution is -0.111. The Morgan fingerprint density at radius 1 is 1.06 bits per heavy atom. The third-order valence-electron chi connectivity index (χ3n) is 6.01. The van der Waals surface area contributed by atoms with Gasteiger partial charge in [0, 0.05) is 23.0 Å². The number of carbonyl (C=O) groups excluding carboxylic acids is 1. The molecular formula is C25H26FN3O3S. The summed E-state index contributed by atoms with van der Waals surface area (Å²) in [6.07, 6.45) is 6.42. The van der Waals surface area contributed by atoms with Gasteiger partial charge in [-0.1, -0.05) is 12.8 Å². The number of anilines is 1. The number of halogens is 1. The molecule has 33 heavy (non-hydrogen) atoms. The van der Waals surface area contributed by atoms with Crippen molar-refractivity contribution in [2.45, 2.75) is 49.7 Å². The second kappa shape index (κ2) is 9.31. The number of benzene rings is 2. The van der Waals surface area contributed by atoms with Crippen molar-refractivity contribution in [3.63, 3.8) is 0 Å². The number of hydrogen-bond acceptors (Lipinski definition) is 4. The fourth-order valence-electron chi connectivity index (χ4n) is 4.19. The quantitative estimate of drug-likeness (QED) is 0.518. The third kappa shape index (κ3) is 4.90. The minimum absolute atomic E-state index is 0.294. The predicted molar refractivity (Wildman–Crippen MR) is 127 cm³/mol. The number of rotatable bonds is 6. The number of aryl methyl sites for hydroxylation is 1. The van der Waals surface area contributed by atoms with E-state index in [0.29, 0.717) is 23.4 Å². The largest absolute Gasteiger partial charge is 0.323 e. The Morgan fingerprint density at radius 3 is 2.33 bits per heavy atom. The van der Waals surface area contributed by atoms with E-state index < -0.39 is 9.84 Å². The molecule has 172 valence electrons. The Balaban J connectivity index is 1.45. The molecule has 1 heterocycles. The van der Waals surface area contributed by atoms with E-state index in [1.54, 1.807) is 47.2 Å². The monoisotopic (exact) mass is 467 g/mol. The molecule has 1 amide bonds. The molecule has 0 unspecified atom stereocenters. The molecular weight excluding hydrogens is 441 g/mol. The maximum atomic E-state index is 13.2. The van der Waals surface area contributed by atoms with Crippen molar-refractivity contribution < 1.29 is 17.6 Å². The number of nitrogens with one attached hydrogen (secondary N) is 1. The van der Waals surface area contributed by atoms with E-state index in [4.69, 9.17) is 0 Å². The number of hydrogen-bond donors (Lipinski definition) is 1. The first-order valence-electron chi connectivity index (χ1n) is 10.9. The van der Waals surface area contributed by atoms with Crippen LogP contribution >= 0.6 is 0 Å². The zero-order chi connectivity index (χ0) is 23.6. The highest BCUT2D eigenvalue weighted by Crippen LogP contribution is 2.30. The van der Waals surface area contributed by atoms with Gasteiger partial charge in [0.15, 0.2) is 9.84 Å².